The van der Waals surface area contributed by atoms with Crippen LogP contribution in [0, 0.1) is 17.8 Å². The van der Waals surface area contributed by atoms with Gasteiger partial charge in [-0.2, -0.15) is 0 Å². The number of imide groups is 1. The Morgan fingerprint density at radius 2 is 1.19 bits per heavy atom. The number of nitrogens with zero attached hydrogens (tertiary/aromatic N) is 1. The first kappa shape index (κ1) is 24.2. The molecule has 4 aliphatic rings. The van der Waals surface area contributed by atoms with Crippen molar-refractivity contribution < 1.29 is 19.1 Å². The molecule has 1 fully saturated rings. The van der Waals surface area contributed by atoms with Gasteiger partial charge in [0.05, 0.1) is 11.8 Å². The van der Waals surface area contributed by atoms with Crippen LogP contribution in [0.5, 0.6) is 0 Å². The van der Waals surface area contributed by atoms with E-state index in [0.717, 1.165) is 32.7 Å². The summed E-state index contributed by atoms with van der Waals surface area (Å²) < 4.78 is 5.61. The SMILES string of the molecule is CC(C)[C@@H](C(=O)OCc1ccccc1)N1C(=O)[C@H]2[C@H](C1=O)C1(Cl)c3ccccc3C2(Cl)c2ccccc21. The van der Waals surface area contributed by atoms with Crippen LogP contribution in [-0.2, 0) is 35.5 Å². The highest BCUT2D eigenvalue weighted by atomic mass is 35.5. The third kappa shape index (κ3) is 3.14. The molecule has 2 bridgehead atoms. The largest absolute Gasteiger partial charge is 0.459 e. The number of hydrogen-bond acceptors (Lipinski definition) is 4. The normalized spacial score (nSPS) is 28.1. The lowest BCUT2D eigenvalue weighted by atomic mass is 9.54. The minimum Gasteiger partial charge on any atom is -0.459 e. The van der Waals surface area contributed by atoms with Gasteiger partial charge >= 0.3 is 5.97 Å². The molecule has 7 heteroatoms. The molecular weight excluding hydrogens is 509 g/mol. The van der Waals surface area contributed by atoms with Gasteiger partial charge in [-0.15, -0.1) is 23.2 Å². The molecule has 1 heterocycles. The summed E-state index contributed by atoms with van der Waals surface area (Å²) in [4.78, 5) is 40.3. The van der Waals surface area contributed by atoms with Crippen molar-refractivity contribution in [2.45, 2.75) is 36.2 Å². The Kier molecular flexibility index (Phi) is 5.52. The highest BCUT2D eigenvalue weighted by Gasteiger charge is 2.74. The lowest BCUT2D eigenvalue weighted by Gasteiger charge is -2.54. The van der Waals surface area contributed by atoms with Crippen molar-refractivity contribution in [2.75, 3.05) is 0 Å². The summed E-state index contributed by atoms with van der Waals surface area (Å²) in [6.45, 7) is 3.63. The zero-order valence-electron chi connectivity index (χ0n) is 20.4. The average molecular weight is 534 g/mol. The highest BCUT2D eigenvalue weighted by molar-refractivity contribution is 6.36. The summed E-state index contributed by atoms with van der Waals surface area (Å²) in [5.74, 6) is -3.90. The van der Waals surface area contributed by atoms with Crippen molar-refractivity contribution in [1.29, 1.82) is 0 Å². The van der Waals surface area contributed by atoms with Gasteiger partial charge in [0.2, 0.25) is 11.8 Å². The molecule has 5 nitrogen and oxygen atoms in total. The first-order chi connectivity index (χ1) is 17.7. The first-order valence-electron chi connectivity index (χ1n) is 12.4. The van der Waals surface area contributed by atoms with Crippen molar-refractivity contribution >= 4 is 41.0 Å². The minimum absolute atomic E-state index is 0.0434. The van der Waals surface area contributed by atoms with Crippen LogP contribution in [0.3, 0.4) is 0 Å². The molecule has 0 radical (unpaired) electrons. The van der Waals surface area contributed by atoms with Crippen molar-refractivity contribution in [3.05, 3.63) is 107 Å². The topological polar surface area (TPSA) is 63.7 Å². The van der Waals surface area contributed by atoms with Gasteiger partial charge in [0.1, 0.15) is 22.4 Å². The molecule has 0 spiro atoms. The number of esters is 1. The predicted octanol–water partition coefficient (Wildman–Crippen LogP) is 5.35. The van der Waals surface area contributed by atoms with Gasteiger partial charge < -0.3 is 4.74 Å². The molecule has 0 saturated carbocycles. The van der Waals surface area contributed by atoms with E-state index in [1.807, 2.05) is 78.9 Å². The molecule has 2 amide bonds. The van der Waals surface area contributed by atoms with Crippen LogP contribution in [0.4, 0.5) is 0 Å². The van der Waals surface area contributed by atoms with Gasteiger partial charge in [-0.05, 0) is 33.7 Å². The van der Waals surface area contributed by atoms with Crippen LogP contribution >= 0.6 is 23.2 Å². The fourth-order valence-corrected chi connectivity index (χ4v) is 7.55. The summed E-state index contributed by atoms with van der Waals surface area (Å²) in [6.07, 6.45) is 0. The first-order valence-corrected chi connectivity index (χ1v) is 13.1. The molecule has 1 saturated heterocycles. The van der Waals surface area contributed by atoms with Crippen LogP contribution < -0.4 is 0 Å². The molecule has 0 unspecified atom stereocenters. The lowest BCUT2D eigenvalue weighted by Crippen LogP contribution is -2.57. The van der Waals surface area contributed by atoms with Gasteiger partial charge in [0, 0.05) is 0 Å². The fourth-order valence-electron chi connectivity index (χ4n) is 6.45. The Morgan fingerprint density at radius 3 is 1.59 bits per heavy atom. The molecule has 188 valence electrons. The molecular formula is C30H25Cl2NO4. The maximum Gasteiger partial charge on any atom is 0.329 e. The third-order valence-corrected chi connectivity index (χ3v) is 9.28. The predicted molar refractivity (Wildman–Crippen MR) is 140 cm³/mol. The maximum atomic E-state index is 14.2. The van der Waals surface area contributed by atoms with Crippen LogP contribution in [0.1, 0.15) is 41.7 Å². The van der Waals surface area contributed by atoms with Crippen LogP contribution in [0.2, 0.25) is 0 Å². The van der Waals surface area contributed by atoms with Crippen molar-refractivity contribution in [3.63, 3.8) is 0 Å². The standard InChI is InChI=1S/C30H25Cl2NO4/c1-17(2)25(28(36)37-16-18-10-4-3-5-11-18)33-26(34)23-24(27(33)35)30(32)20-13-7-6-12-19(20)29(23,31)21-14-8-9-15-22(21)30/h3-15,17,23-25H,16H2,1-2H3/t23-,24-,25+,29?,30?/m1/s1. The van der Waals surface area contributed by atoms with Gasteiger partial charge in [-0.1, -0.05) is 92.7 Å². The zero-order valence-corrected chi connectivity index (χ0v) is 21.9. The highest BCUT2D eigenvalue weighted by Crippen LogP contribution is 2.69. The number of hydrogen-bond donors (Lipinski definition) is 0. The number of rotatable bonds is 5. The quantitative estimate of drug-likeness (QED) is 0.252. The molecule has 7 rings (SSSR count). The molecule has 1 aliphatic heterocycles. The summed E-state index contributed by atoms with van der Waals surface area (Å²) in [6, 6.07) is 23.1. The van der Waals surface area contributed by atoms with Gasteiger partial charge in [-0.25, -0.2) is 4.79 Å². The maximum absolute atomic E-state index is 14.2. The second-order valence-electron chi connectivity index (χ2n) is 10.3. The Bertz CT molecular complexity index is 1310. The van der Waals surface area contributed by atoms with E-state index in [1.54, 1.807) is 13.8 Å². The van der Waals surface area contributed by atoms with E-state index in [9.17, 15) is 14.4 Å². The second-order valence-corrected chi connectivity index (χ2v) is 11.5. The van der Waals surface area contributed by atoms with Crippen LogP contribution in [-0.4, -0.2) is 28.7 Å². The number of alkyl halides is 2. The number of carbonyl (C=O) groups is 3. The lowest BCUT2D eigenvalue weighted by molar-refractivity contribution is -0.162. The van der Waals surface area contributed by atoms with Crippen LogP contribution in [0.15, 0.2) is 78.9 Å². The third-order valence-electron chi connectivity index (χ3n) is 7.99. The van der Waals surface area contributed by atoms with E-state index in [0.29, 0.717) is 0 Å². The zero-order chi connectivity index (χ0) is 26.1. The molecule has 0 N–H and O–H groups in total. The Balaban J connectivity index is 1.45. The van der Waals surface area contributed by atoms with E-state index in [4.69, 9.17) is 27.9 Å². The van der Waals surface area contributed by atoms with Crippen LogP contribution in [0.25, 0.3) is 0 Å². The van der Waals surface area contributed by atoms with E-state index < -0.39 is 45.4 Å². The van der Waals surface area contributed by atoms with E-state index in [1.165, 1.54) is 0 Å². The van der Waals surface area contributed by atoms with Gasteiger partial charge in [0.15, 0.2) is 0 Å². The average Bonchev–Trinajstić information content (AvgIpc) is 3.17. The number of carbonyl (C=O) groups excluding carboxylic acids is 3. The van der Waals surface area contributed by atoms with E-state index >= 15 is 0 Å². The molecule has 37 heavy (non-hydrogen) atoms. The fraction of sp³-hybridized carbons (Fsp3) is 0.300. The number of amides is 2. The van der Waals surface area contributed by atoms with E-state index in [-0.39, 0.29) is 12.5 Å². The summed E-state index contributed by atoms with van der Waals surface area (Å²) in [5, 5.41) is 0. The summed E-state index contributed by atoms with van der Waals surface area (Å²) in [7, 11) is 0. The second kappa shape index (κ2) is 8.44. The number of ether oxygens (including phenoxy) is 1. The van der Waals surface area contributed by atoms with Crippen molar-refractivity contribution in [3.8, 4) is 0 Å². The van der Waals surface area contributed by atoms with Gasteiger partial charge in [0.25, 0.3) is 0 Å². The Labute approximate surface area is 225 Å². The monoisotopic (exact) mass is 533 g/mol. The minimum atomic E-state index is -1.29. The molecule has 3 aromatic rings. The number of halogens is 2. The molecule has 0 aromatic heterocycles. The Hall–Kier alpha value is -3.15. The number of likely N-dealkylation sites (tertiary alicyclic amines) is 1. The molecule has 3 atom stereocenters. The molecule has 3 aromatic carbocycles. The van der Waals surface area contributed by atoms with E-state index in [2.05, 4.69) is 0 Å². The van der Waals surface area contributed by atoms with Crippen molar-refractivity contribution in [2.24, 2.45) is 17.8 Å². The van der Waals surface area contributed by atoms with Gasteiger partial charge in [-0.3, -0.25) is 14.5 Å². The Morgan fingerprint density at radius 1 is 0.784 bits per heavy atom. The number of benzene rings is 3. The summed E-state index contributed by atoms with van der Waals surface area (Å²) in [5.41, 5.74) is 3.71. The van der Waals surface area contributed by atoms with Crippen molar-refractivity contribution in [1.82, 2.24) is 4.90 Å². The smallest absolute Gasteiger partial charge is 0.329 e. The molecule has 3 aliphatic carbocycles. The summed E-state index contributed by atoms with van der Waals surface area (Å²) >= 11 is 15.0.